The molecule has 0 radical (unpaired) electrons. The Morgan fingerprint density at radius 1 is 0.160 bits per heavy atom. The first-order valence-electron chi connectivity index (χ1n) is 37.4. The van der Waals surface area contributed by atoms with Crippen LogP contribution in [0.4, 0.5) is 34.1 Å². The van der Waals surface area contributed by atoms with Crippen LogP contribution in [0.25, 0.3) is 57.7 Å². The van der Waals surface area contributed by atoms with Crippen molar-refractivity contribution in [1.29, 1.82) is 0 Å². The normalized spacial score (nSPS) is 15.1. The molecule has 0 heterocycles. The van der Waals surface area contributed by atoms with Gasteiger partial charge in [0.15, 0.2) is 0 Å². The molecule has 0 aromatic heterocycles. The summed E-state index contributed by atoms with van der Waals surface area (Å²) in [6.07, 6.45) is 9.60. The maximum atomic E-state index is 2.41. The van der Waals surface area contributed by atoms with Crippen LogP contribution in [0.15, 0.2) is 340 Å². The van der Waals surface area contributed by atoms with Gasteiger partial charge in [0.25, 0.3) is 0 Å². The lowest BCUT2D eigenvalue weighted by atomic mass is 9.75. The average molecular weight is 1360 g/mol. The zero-order chi connectivity index (χ0) is 72.1. The van der Waals surface area contributed by atoms with Crippen LogP contribution in [0.2, 0.25) is 0 Å². The third-order valence-corrected chi connectivity index (χ3v) is 23.6. The number of rotatable bonds is 11. The Morgan fingerprint density at radius 3 is 0.519 bits per heavy atom. The van der Waals surface area contributed by atoms with E-state index in [1.54, 1.807) is 0 Å². The highest BCUT2D eigenvalue weighted by Gasteiger charge is 2.36. The summed E-state index contributed by atoms with van der Waals surface area (Å²) in [5, 5.41) is 0. The van der Waals surface area contributed by atoms with Crippen molar-refractivity contribution in [3.8, 4) is 11.1 Å². The molecular weight excluding hydrogens is 1280 g/mol. The second-order valence-corrected chi connectivity index (χ2v) is 31.2. The average Bonchev–Trinajstić information content (AvgIpc) is 1.61. The van der Waals surface area contributed by atoms with Gasteiger partial charge in [0, 0.05) is 55.8 Å². The number of hydrogen-bond acceptors (Lipinski definition) is 2. The number of fused-ring (bicyclic) bond motifs is 8. The van der Waals surface area contributed by atoms with E-state index in [0.29, 0.717) is 0 Å². The molecule has 0 N–H and O–H groups in total. The van der Waals surface area contributed by atoms with Crippen LogP contribution in [-0.4, -0.2) is 0 Å². The Bertz CT molecular complexity index is 5200. The molecule has 0 saturated carbocycles. The number of benzene rings is 14. The maximum absolute atomic E-state index is 2.41. The lowest BCUT2D eigenvalue weighted by Gasteiger charge is -2.29. The molecular formula is C104H84N2. The fourth-order valence-electron chi connectivity index (χ4n) is 17.9. The minimum absolute atomic E-state index is 0.181. The van der Waals surface area contributed by atoms with Crippen molar-refractivity contribution < 1.29 is 0 Å². The third-order valence-electron chi connectivity index (χ3n) is 23.6. The maximum Gasteiger partial charge on any atom is 0.0462 e. The second kappa shape index (κ2) is 25.8. The van der Waals surface area contributed by atoms with Crippen LogP contribution in [0.1, 0.15) is 167 Å². The lowest BCUT2D eigenvalue weighted by Crippen LogP contribution is -2.20. The molecule has 0 atom stereocenters. The van der Waals surface area contributed by atoms with E-state index in [4.69, 9.17) is 0 Å². The Hall–Kier alpha value is -12.4. The summed E-state index contributed by atoms with van der Waals surface area (Å²) >= 11 is 0. The Labute approximate surface area is 625 Å². The second-order valence-electron chi connectivity index (χ2n) is 31.2. The summed E-state index contributed by atoms with van der Waals surface area (Å²) < 4.78 is 0. The lowest BCUT2D eigenvalue weighted by molar-refractivity contribution is 0.639. The Kier molecular flexibility index (Phi) is 16.0. The van der Waals surface area contributed by atoms with Crippen molar-refractivity contribution in [3.05, 3.63) is 451 Å². The van der Waals surface area contributed by atoms with E-state index in [2.05, 4.69) is 429 Å². The summed E-state index contributed by atoms with van der Waals surface area (Å²) in [7, 11) is 0. The molecule has 14 aromatic rings. The fourth-order valence-corrected chi connectivity index (χ4v) is 17.9. The first-order valence-corrected chi connectivity index (χ1v) is 37.4. The van der Waals surface area contributed by atoms with Crippen LogP contribution >= 0.6 is 0 Å². The molecule has 18 rings (SSSR count). The fraction of sp³-hybridized carbons (Fsp3) is 0.115. The Morgan fingerprint density at radius 2 is 0.321 bits per heavy atom. The molecule has 510 valence electrons. The van der Waals surface area contributed by atoms with Gasteiger partial charge in [-0.15, -0.1) is 0 Å². The monoisotopic (exact) mass is 1360 g/mol. The molecule has 0 saturated heterocycles. The molecule has 0 fully saturated rings. The van der Waals surface area contributed by atoms with Gasteiger partial charge in [0.05, 0.1) is 0 Å². The van der Waals surface area contributed by atoms with Crippen LogP contribution in [0, 0.1) is 0 Å². The van der Waals surface area contributed by atoms with Gasteiger partial charge in [0.2, 0.25) is 0 Å². The first-order chi connectivity index (χ1) is 51.6. The van der Waals surface area contributed by atoms with Crippen LogP contribution in [-0.2, 0) is 21.7 Å². The number of nitrogens with zero attached hydrogens (tertiary/aromatic N) is 2. The number of hydrogen-bond donors (Lipinski definition) is 0. The van der Waals surface area contributed by atoms with E-state index in [0.717, 1.165) is 45.3 Å². The van der Waals surface area contributed by atoms with E-state index < -0.39 is 0 Å². The van der Waals surface area contributed by atoms with E-state index >= 15 is 0 Å². The SMILES string of the molecule is CC1(C)c2ccccc2C=C(c2ccc(N(c3ccc(C4=Cc5ccccc5C(C)(C)c5ccccc54)cc3)c3ccc(-c4ccc(N(c5ccc(C6=Cc7ccccc7C(C)(C)c7ccccc76)cc5)c5ccc(C6=Cc7ccccc7C(C)(C)c7ccccc76)cc5)cc4)cc3)cc2)c2ccccc21. The highest BCUT2D eigenvalue weighted by Crippen LogP contribution is 2.51. The van der Waals surface area contributed by atoms with Gasteiger partial charge in [-0.1, -0.05) is 322 Å². The van der Waals surface area contributed by atoms with Crippen LogP contribution < -0.4 is 9.80 Å². The summed E-state index contributed by atoms with van der Waals surface area (Å²) in [6.45, 7) is 18.9. The van der Waals surface area contributed by atoms with Crippen molar-refractivity contribution >= 4 is 80.7 Å². The highest BCUT2D eigenvalue weighted by atomic mass is 15.1. The summed E-state index contributed by atoms with van der Waals surface area (Å²) in [6, 6.07) is 127. The molecule has 106 heavy (non-hydrogen) atoms. The molecule has 0 bridgehead atoms. The molecule has 0 amide bonds. The summed E-state index contributed by atoms with van der Waals surface area (Å²) in [5.74, 6) is 0. The third kappa shape index (κ3) is 11.2. The molecule has 4 aliphatic carbocycles. The van der Waals surface area contributed by atoms with Gasteiger partial charge in [-0.2, -0.15) is 0 Å². The molecule has 2 nitrogen and oxygen atoms in total. The van der Waals surface area contributed by atoms with Gasteiger partial charge in [-0.25, -0.2) is 0 Å². The molecule has 0 aliphatic heterocycles. The highest BCUT2D eigenvalue weighted by molar-refractivity contribution is 6.00. The van der Waals surface area contributed by atoms with Gasteiger partial charge in [-0.3, -0.25) is 0 Å². The van der Waals surface area contributed by atoms with Crippen molar-refractivity contribution in [2.45, 2.75) is 77.0 Å². The van der Waals surface area contributed by atoms with Gasteiger partial charge < -0.3 is 9.80 Å². The Balaban J connectivity index is 0.715. The molecule has 2 heteroatoms. The predicted octanol–water partition coefficient (Wildman–Crippen LogP) is 27.2. The number of anilines is 6. The molecule has 0 unspecified atom stereocenters. The first kappa shape index (κ1) is 65.6. The topological polar surface area (TPSA) is 6.48 Å². The van der Waals surface area contributed by atoms with Crippen LogP contribution in [0.5, 0.6) is 0 Å². The quantitative estimate of drug-likeness (QED) is 0.127. The smallest absolute Gasteiger partial charge is 0.0462 e. The standard InChI is InChI=1S/C104H84N2/c1-101(2)93-33-17-9-25-75(93)65-89(85-29-13-21-37-97(85)101)71-45-57-81(58-46-71)105(82-59-47-72(48-60-82)90-66-76-26-10-18-34-94(76)102(3,4)98-38-22-14-30-86(90)98)79-53-41-69(42-54-79)70-43-55-80(56-44-70)106(83-61-49-73(50-62-83)91-67-77-27-11-19-35-95(77)103(5,6)99-39-23-15-31-87(91)99)84-63-51-74(52-64-84)92-68-78-28-12-20-36-96(78)104(7,8)100-40-24-16-32-88(92)100/h9-68H,1-8H3. The zero-order valence-corrected chi connectivity index (χ0v) is 61.5. The summed E-state index contributed by atoms with van der Waals surface area (Å²) in [4.78, 5) is 4.82. The van der Waals surface area contributed by atoms with Crippen molar-refractivity contribution in [3.63, 3.8) is 0 Å². The van der Waals surface area contributed by atoms with E-state index in [1.165, 1.54) is 134 Å². The summed E-state index contributed by atoms with van der Waals surface area (Å²) in [5.41, 5.74) is 38.3. The van der Waals surface area contributed by atoms with Crippen molar-refractivity contribution in [2.75, 3.05) is 9.80 Å². The van der Waals surface area contributed by atoms with E-state index in [1.807, 2.05) is 0 Å². The minimum atomic E-state index is -0.181. The molecule has 4 aliphatic rings. The van der Waals surface area contributed by atoms with Gasteiger partial charge in [0.1, 0.15) is 0 Å². The van der Waals surface area contributed by atoms with Gasteiger partial charge >= 0.3 is 0 Å². The van der Waals surface area contributed by atoms with E-state index in [-0.39, 0.29) is 21.7 Å². The molecule has 0 spiro atoms. The van der Waals surface area contributed by atoms with Gasteiger partial charge in [-0.05, 0) is 242 Å². The zero-order valence-electron chi connectivity index (χ0n) is 61.5. The largest absolute Gasteiger partial charge is 0.311 e. The van der Waals surface area contributed by atoms with Crippen molar-refractivity contribution in [2.24, 2.45) is 0 Å². The molecule has 14 aromatic carbocycles. The van der Waals surface area contributed by atoms with E-state index in [9.17, 15) is 0 Å². The predicted molar refractivity (Wildman–Crippen MR) is 449 cm³/mol. The van der Waals surface area contributed by atoms with Crippen LogP contribution in [0.3, 0.4) is 0 Å². The van der Waals surface area contributed by atoms with Crippen molar-refractivity contribution in [1.82, 2.24) is 0 Å². The minimum Gasteiger partial charge on any atom is -0.311 e.